The predicted molar refractivity (Wildman–Crippen MR) is 133 cm³/mol. The van der Waals surface area contributed by atoms with Crippen LogP contribution in [-0.2, 0) is 4.79 Å². The van der Waals surface area contributed by atoms with Crippen molar-refractivity contribution in [3.8, 4) is 0 Å². The van der Waals surface area contributed by atoms with E-state index in [1.807, 2.05) is 59.2 Å². The highest BCUT2D eigenvalue weighted by Gasteiger charge is 2.12. The lowest BCUT2D eigenvalue weighted by Crippen LogP contribution is -2.16. The van der Waals surface area contributed by atoms with E-state index in [1.165, 1.54) is 16.7 Å². The zero-order valence-corrected chi connectivity index (χ0v) is 20.5. The first-order chi connectivity index (χ1) is 14.5. The number of ketones is 1. The predicted octanol–water partition coefficient (Wildman–Crippen LogP) is 6.86. The van der Waals surface area contributed by atoms with Crippen molar-refractivity contribution in [3.63, 3.8) is 0 Å². The molecule has 2 N–H and O–H groups in total. The van der Waals surface area contributed by atoms with E-state index in [0.717, 1.165) is 29.7 Å². The van der Waals surface area contributed by atoms with Gasteiger partial charge < -0.3 is 10.6 Å². The molecule has 1 aromatic carbocycles. The minimum Gasteiger partial charge on any atom is -0.391 e. The lowest BCUT2D eigenvalue weighted by Gasteiger charge is -2.19. The van der Waals surface area contributed by atoms with Gasteiger partial charge in [0, 0.05) is 18.3 Å². The second kappa shape index (κ2) is 15.3. The molecule has 1 aromatic rings. The molecule has 1 aliphatic heterocycles. The molecule has 166 valence electrons. The number of hydrogen-bond acceptors (Lipinski definition) is 3. The van der Waals surface area contributed by atoms with Gasteiger partial charge in [-0.25, -0.2) is 0 Å². The Balaban J connectivity index is 0.00000198. The van der Waals surface area contributed by atoms with E-state index in [-0.39, 0.29) is 11.8 Å². The molecule has 0 bridgehead atoms. The Hall–Kier alpha value is -2.55. The molecule has 0 saturated heterocycles. The summed E-state index contributed by atoms with van der Waals surface area (Å²) in [5, 5.41) is 6.57. The lowest BCUT2D eigenvalue weighted by molar-refractivity contribution is -0.113. The largest absolute Gasteiger partial charge is 0.391 e. The number of nitrogens with one attached hydrogen (secondary N) is 2. The summed E-state index contributed by atoms with van der Waals surface area (Å²) in [4.78, 5) is 12.0. The SMILES string of the molecule is CC.CC.CCC/C(NC)=C(/C=C/C1=CC(c2ccc(C)c(C)c2)NC=C1)C(C)=O. The van der Waals surface area contributed by atoms with Crippen LogP contribution >= 0.6 is 0 Å². The average Bonchev–Trinajstić information content (AvgIpc) is 2.77. The van der Waals surface area contributed by atoms with Crippen LogP contribution in [0.4, 0.5) is 0 Å². The minimum absolute atomic E-state index is 0.0864. The molecule has 1 unspecified atom stereocenters. The molecule has 3 heteroatoms. The summed E-state index contributed by atoms with van der Waals surface area (Å²) in [5.41, 5.74) is 6.69. The monoisotopic (exact) mass is 410 g/mol. The van der Waals surface area contributed by atoms with Gasteiger partial charge in [-0.15, -0.1) is 0 Å². The molecular weight excluding hydrogens is 368 g/mol. The smallest absolute Gasteiger partial charge is 0.161 e. The quantitative estimate of drug-likeness (QED) is 0.381. The van der Waals surface area contributed by atoms with Gasteiger partial charge in [-0.3, -0.25) is 4.79 Å². The van der Waals surface area contributed by atoms with Crippen LogP contribution in [0.15, 0.2) is 65.5 Å². The maximum atomic E-state index is 12.0. The molecule has 30 heavy (non-hydrogen) atoms. The Morgan fingerprint density at radius 2 is 1.80 bits per heavy atom. The maximum absolute atomic E-state index is 12.0. The van der Waals surface area contributed by atoms with Crippen LogP contribution in [0, 0.1) is 13.8 Å². The van der Waals surface area contributed by atoms with E-state index in [4.69, 9.17) is 0 Å². The fourth-order valence-electron chi connectivity index (χ4n) is 3.06. The minimum atomic E-state index is 0.0864. The van der Waals surface area contributed by atoms with Crippen LogP contribution in [0.1, 0.15) is 77.1 Å². The number of aryl methyl sites for hydroxylation is 2. The highest BCUT2D eigenvalue weighted by molar-refractivity contribution is 5.96. The van der Waals surface area contributed by atoms with E-state index in [9.17, 15) is 4.79 Å². The van der Waals surface area contributed by atoms with Gasteiger partial charge in [-0.2, -0.15) is 0 Å². The first-order valence-corrected chi connectivity index (χ1v) is 11.3. The van der Waals surface area contributed by atoms with Crippen molar-refractivity contribution in [2.45, 2.75) is 74.3 Å². The summed E-state index contributed by atoms with van der Waals surface area (Å²) in [5.74, 6) is 0.0864. The first kappa shape index (κ1) is 27.5. The van der Waals surface area contributed by atoms with Crippen molar-refractivity contribution >= 4 is 5.78 Å². The first-order valence-electron chi connectivity index (χ1n) is 11.3. The third-order valence-corrected chi connectivity index (χ3v) is 4.75. The zero-order valence-electron chi connectivity index (χ0n) is 20.5. The Bertz CT molecular complexity index is 782. The van der Waals surface area contributed by atoms with Crippen molar-refractivity contribution in [2.75, 3.05) is 7.05 Å². The number of carbonyl (C=O) groups is 1. The highest BCUT2D eigenvalue weighted by atomic mass is 16.1. The van der Waals surface area contributed by atoms with Crippen molar-refractivity contribution in [2.24, 2.45) is 0 Å². The Morgan fingerprint density at radius 1 is 1.13 bits per heavy atom. The van der Waals surface area contributed by atoms with Gasteiger partial charge >= 0.3 is 0 Å². The molecule has 1 heterocycles. The van der Waals surface area contributed by atoms with Crippen molar-refractivity contribution in [1.29, 1.82) is 0 Å². The van der Waals surface area contributed by atoms with Crippen LogP contribution in [0.2, 0.25) is 0 Å². The van der Waals surface area contributed by atoms with E-state index in [0.29, 0.717) is 0 Å². The van der Waals surface area contributed by atoms with Crippen LogP contribution in [0.5, 0.6) is 0 Å². The fourth-order valence-corrected chi connectivity index (χ4v) is 3.06. The normalized spacial score (nSPS) is 15.6. The van der Waals surface area contributed by atoms with Crippen LogP contribution in [0.25, 0.3) is 0 Å². The molecule has 0 aromatic heterocycles. The fraction of sp³-hybridized carbons (Fsp3) is 0.444. The molecular formula is C27H42N2O. The van der Waals surface area contributed by atoms with Gasteiger partial charge in [-0.1, -0.05) is 71.4 Å². The number of benzene rings is 1. The van der Waals surface area contributed by atoms with Gasteiger partial charge in [0.1, 0.15) is 0 Å². The molecule has 0 saturated carbocycles. The third-order valence-electron chi connectivity index (χ3n) is 4.75. The lowest BCUT2D eigenvalue weighted by atomic mass is 9.97. The Labute approximate surface area is 185 Å². The highest BCUT2D eigenvalue weighted by Crippen LogP contribution is 2.23. The van der Waals surface area contributed by atoms with E-state index < -0.39 is 0 Å². The Morgan fingerprint density at radius 3 is 2.33 bits per heavy atom. The second-order valence-electron chi connectivity index (χ2n) is 6.77. The molecule has 0 radical (unpaired) electrons. The van der Waals surface area contributed by atoms with Crippen molar-refractivity contribution < 1.29 is 4.79 Å². The van der Waals surface area contributed by atoms with Crippen LogP contribution in [0.3, 0.4) is 0 Å². The van der Waals surface area contributed by atoms with E-state index >= 15 is 0 Å². The third kappa shape index (κ3) is 8.44. The summed E-state index contributed by atoms with van der Waals surface area (Å²) < 4.78 is 0. The molecule has 1 aliphatic rings. The molecule has 0 fully saturated rings. The van der Waals surface area contributed by atoms with Gasteiger partial charge in [0.05, 0.1) is 6.04 Å². The zero-order chi connectivity index (χ0) is 23.1. The van der Waals surface area contributed by atoms with Crippen molar-refractivity contribution in [3.05, 3.63) is 82.2 Å². The number of allylic oxidation sites excluding steroid dienone is 6. The second-order valence-corrected chi connectivity index (χ2v) is 6.77. The molecule has 0 spiro atoms. The van der Waals surface area contributed by atoms with Crippen LogP contribution in [-0.4, -0.2) is 12.8 Å². The van der Waals surface area contributed by atoms with Crippen molar-refractivity contribution in [1.82, 2.24) is 10.6 Å². The average molecular weight is 411 g/mol. The van der Waals surface area contributed by atoms with Crippen LogP contribution < -0.4 is 10.6 Å². The summed E-state index contributed by atoms with van der Waals surface area (Å²) in [7, 11) is 1.88. The number of dihydropyridines is 1. The van der Waals surface area contributed by atoms with Gasteiger partial charge in [0.25, 0.3) is 0 Å². The molecule has 3 nitrogen and oxygen atoms in total. The molecule has 1 atom stereocenters. The summed E-state index contributed by atoms with van der Waals surface area (Å²) in [6.45, 7) is 16.0. The number of hydrogen-bond donors (Lipinski definition) is 2. The standard InChI is InChI=1S/C23H30N2O.2C2H6/c1-6-7-22(24-5)21(18(4)26)11-9-19-12-13-25-23(15-19)20-10-8-16(2)17(3)14-20;2*1-2/h8-15,23-25H,6-7H2,1-5H3;2*1-2H3/b11-9+,22-21+;;. The number of carbonyl (C=O) groups excluding carboxylic acids is 1. The molecule has 0 aliphatic carbocycles. The van der Waals surface area contributed by atoms with Gasteiger partial charge in [-0.05, 0) is 67.8 Å². The van der Waals surface area contributed by atoms with Gasteiger partial charge in [0.2, 0.25) is 0 Å². The van der Waals surface area contributed by atoms with E-state index in [2.05, 4.69) is 55.7 Å². The number of rotatable bonds is 7. The Kier molecular flexibility index (Phi) is 14.0. The number of Topliss-reactive ketones (excluding diaryl/α,β-unsaturated/α-hetero) is 1. The summed E-state index contributed by atoms with van der Waals surface area (Å²) >= 11 is 0. The molecule has 2 rings (SSSR count). The molecule has 0 amide bonds. The maximum Gasteiger partial charge on any atom is 0.161 e. The van der Waals surface area contributed by atoms with E-state index in [1.54, 1.807) is 6.92 Å². The van der Waals surface area contributed by atoms with Gasteiger partial charge in [0.15, 0.2) is 5.78 Å². The summed E-state index contributed by atoms with van der Waals surface area (Å²) in [6.07, 6.45) is 12.0. The topological polar surface area (TPSA) is 41.1 Å². The summed E-state index contributed by atoms with van der Waals surface area (Å²) in [6, 6.07) is 6.70.